The summed E-state index contributed by atoms with van der Waals surface area (Å²) in [4.78, 5) is 14.2. The molecule has 1 aromatic heterocycles. The highest BCUT2D eigenvalue weighted by Crippen LogP contribution is 2.23. The third-order valence-corrected chi connectivity index (χ3v) is 3.07. The smallest absolute Gasteiger partial charge is 0.268 e. The van der Waals surface area contributed by atoms with Crippen molar-refractivity contribution in [2.45, 2.75) is 20.3 Å². The molecule has 20 heavy (non-hydrogen) atoms. The Morgan fingerprint density at radius 1 is 1.30 bits per heavy atom. The van der Waals surface area contributed by atoms with Gasteiger partial charge in [0.15, 0.2) is 0 Å². The Labute approximate surface area is 117 Å². The fraction of sp³-hybridized carbons (Fsp3) is 0.250. The van der Waals surface area contributed by atoms with Gasteiger partial charge in [-0.25, -0.2) is 0 Å². The topological polar surface area (TPSA) is 82.7 Å². The maximum Gasteiger partial charge on any atom is 0.268 e. The second-order valence-corrected chi connectivity index (χ2v) is 5.25. The molecule has 4 heteroatoms. The number of nitriles is 1. The highest BCUT2D eigenvalue weighted by atomic mass is 16.1. The van der Waals surface area contributed by atoms with Gasteiger partial charge in [-0.05, 0) is 29.5 Å². The summed E-state index contributed by atoms with van der Waals surface area (Å²) in [5, 5.41) is 9.11. The Morgan fingerprint density at radius 2 is 1.95 bits per heavy atom. The fourth-order valence-corrected chi connectivity index (χ4v) is 2.21. The van der Waals surface area contributed by atoms with E-state index in [1.807, 2.05) is 30.3 Å². The second kappa shape index (κ2) is 5.62. The number of aromatic nitrogens is 1. The molecule has 4 nitrogen and oxygen atoms in total. The number of nitrogens with zero attached hydrogens (tertiary/aromatic N) is 1. The summed E-state index contributed by atoms with van der Waals surface area (Å²) in [7, 11) is 0. The van der Waals surface area contributed by atoms with E-state index in [-0.39, 0.29) is 11.4 Å². The number of nitrogens with one attached hydrogen (secondary N) is 1. The SMILES string of the molecule is CC(C)Cc1ccc(-c2cc(N)[nH]c(=O)c2C#N)cc1. The number of H-pyrrole nitrogens is 1. The number of pyridine rings is 1. The van der Waals surface area contributed by atoms with Crippen LogP contribution in [-0.2, 0) is 6.42 Å². The monoisotopic (exact) mass is 267 g/mol. The molecular weight excluding hydrogens is 250 g/mol. The number of aromatic amines is 1. The van der Waals surface area contributed by atoms with Gasteiger partial charge in [0.2, 0.25) is 0 Å². The lowest BCUT2D eigenvalue weighted by molar-refractivity contribution is 0.647. The standard InChI is InChI=1S/C16H17N3O/c1-10(2)7-11-3-5-12(6-4-11)13-8-15(18)19-16(20)14(13)9-17/h3-6,8,10H,7H2,1-2H3,(H3,18,19,20). The Kier molecular flexibility index (Phi) is 3.90. The van der Waals surface area contributed by atoms with Crippen molar-refractivity contribution in [3.63, 3.8) is 0 Å². The van der Waals surface area contributed by atoms with Gasteiger partial charge < -0.3 is 10.7 Å². The summed E-state index contributed by atoms with van der Waals surface area (Å²) in [6, 6.07) is 11.4. The number of benzene rings is 1. The third-order valence-electron chi connectivity index (χ3n) is 3.07. The molecule has 0 saturated heterocycles. The van der Waals surface area contributed by atoms with Crippen LogP contribution in [0.15, 0.2) is 35.1 Å². The minimum absolute atomic E-state index is 0.0933. The maximum absolute atomic E-state index is 11.7. The van der Waals surface area contributed by atoms with Gasteiger partial charge in [-0.3, -0.25) is 4.79 Å². The van der Waals surface area contributed by atoms with E-state index in [1.54, 1.807) is 6.07 Å². The number of nitrogen functional groups attached to an aromatic ring is 1. The number of rotatable bonds is 3. The van der Waals surface area contributed by atoms with Crippen molar-refractivity contribution in [1.29, 1.82) is 5.26 Å². The summed E-state index contributed by atoms with van der Waals surface area (Å²) in [6.45, 7) is 4.33. The molecule has 0 saturated carbocycles. The predicted octanol–water partition coefficient (Wildman–Crippen LogP) is 2.69. The van der Waals surface area contributed by atoms with Gasteiger partial charge in [-0.15, -0.1) is 0 Å². The molecule has 0 spiro atoms. The van der Waals surface area contributed by atoms with Gasteiger partial charge >= 0.3 is 0 Å². The molecule has 0 aliphatic carbocycles. The molecule has 2 aromatic rings. The van der Waals surface area contributed by atoms with Crippen LogP contribution in [0, 0.1) is 17.2 Å². The molecule has 0 aliphatic heterocycles. The summed E-state index contributed by atoms with van der Waals surface area (Å²) in [5.41, 5.74) is 7.93. The summed E-state index contributed by atoms with van der Waals surface area (Å²) in [6.07, 6.45) is 1.00. The van der Waals surface area contributed by atoms with Crippen LogP contribution in [-0.4, -0.2) is 4.98 Å². The second-order valence-electron chi connectivity index (χ2n) is 5.25. The zero-order valence-corrected chi connectivity index (χ0v) is 11.6. The highest BCUT2D eigenvalue weighted by molar-refractivity contribution is 5.72. The van der Waals surface area contributed by atoms with E-state index in [9.17, 15) is 4.79 Å². The lowest BCUT2D eigenvalue weighted by atomic mass is 9.97. The Morgan fingerprint density at radius 3 is 2.50 bits per heavy atom. The first-order valence-corrected chi connectivity index (χ1v) is 6.53. The molecule has 3 N–H and O–H groups in total. The van der Waals surface area contributed by atoms with Crippen LogP contribution >= 0.6 is 0 Å². The van der Waals surface area contributed by atoms with Crippen molar-refractivity contribution in [3.8, 4) is 17.2 Å². The van der Waals surface area contributed by atoms with Crippen molar-refractivity contribution in [1.82, 2.24) is 4.98 Å². The fourth-order valence-electron chi connectivity index (χ4n) is 2.21. The van der Waals surface area contributed by atoms with Gasteiger partial charge in [-0.2, -0.15) is 5.26 Å². The van der Waals surface area contributed by atoms with E-state index in [4.69, 9.17) is 11.0 Å². The van der Waals surface area contributed by atoms with Crippen molar-refractivity contribution in [2.75, 3.05) is 5.73 Å². The summed E-state index contributed by atoms with van der Waals surface area (Å²) in [5.74, 6) is 0.848. The molecule has 0 bridgehead atoms. The summed E-state index contributed by atoms with van der Waals surface area (Å²) >= 11 is 0. The van der Waals surface area contributed by atoms with E-state index in [2.05, 4.69) is 18.8 Å². The molecule has 0 unspecified atom stereocenters. The molecule has 0 amide bonds. The number of hydrogen-bond acceptors (Lipinski definition) is 3. The zero-order valence-electron chi connectivity index (χ0n) is 11.6. The van der Waals surface area contributed by atoms with Crippen LogP contribution in [0.3, 0.4) is 0 Å². The van der Waals surface area contributed by atoms with Crippen LogP contribution in [0.1, 0.15) is 25.0 Å². The molecule has 1 aromatic carbocycles. The lowest BCUT2D eigenvalue weighted by Crippen LogP contribution is -2.13. The average molecular weight is 267 g/mol. The Bertz CT molecular complexity index is 706. The van der Waals surface area contributed by atoms with Gasteiger partial charge in [0, 0.05) is 5.56 Å². The van der Waals surface area contributed by atoms with E-state index in [0.717, 1.165) is 12.0 Å². The Balaban J connectivity index is 2.47. The molecular formula is C16H17N3O. The van der Waals surface area contributed by atoms with Crippen LogP contribution in [0.4, 0.5) is 5.82 Å². The van der Waals surface area contributed by atoms with Crippen molar-refractivity contribution >= 4 is 5.82 Å². The lowest BCUT2D eigenvalue weighted by Gasteiger charge is -2.08. The summed E-state index contributed by atoms with van der Waals surface area (Å²) < 4.78 is 0. The molecule has 0 fully saturated rings. The largest absolute Gasteiger partial charge is 0.385 e. The molecule has 2 rings (SSSR count). The van der Waals surface area contributed by atoms with Gasteiger partial charge in [-0.1, -0.05) is 38.1 Å². The van der Waals surface area contributed by atoms with Gasteiger partial charge in [0.05, 0.1) is 0 Å². The molecule has 0 atom stereocenters. The molecule has 1 heterocycles. The van der Waals surface area contributed by atoms with Crippen LogP contribution in [0.5, 0.6) is 0 Å². The van der Waals surface area contributed by atoms with Crippen LogP contribution < -0.4 is 11.3 Å². The molecule has 102 valence electrons. The van der Waals surface area contributed by atoms with Crippen LogP contribution in [0.2, 0.25) is 0 Å². The maximum atomic E-state index is 11.7. The quantitative estimate of drug-likeness (QED) is 0.896. The van der Waals surface area contributed by atoms with Gasteiger partial charge in [0.1, 0.15) is 17.5 Å². The normalized spacial score (nSPS) is 10.5. The highest BCUT2D eigenvalue weighted by Gasteiger charge is 2.10. The predicted molar refractivity (Wildman–Crippen MR) is 80.2 cm³/mol. The van der Waals surface area contributed by atoms with E-state index >= 15 is 0 Å². The first-order chi connectivity index (χ1) is 9.51. The van der Waals surface area contributed by atoms with E-state index in [1.165, 1.54) is 5.56 Å². The Hall–Kier alpha value is -2.54. The molecule has 0 radical (unpaired) electrons. The number of anilines is 1. The third kappa shape index (κ3) is 2.89. The van der Waals surface area contributed by atoms with Crippen molar-refractivity contribution in [3.05, 3.63) is 51.8 Å². The first-order valence-electron chi connectivity index (χ1n) is 6.53. The number of nitrogens with two attached hydrogens (primary N) is 1. The number of hydrogen-bond donors (Lipinski definition) is 2. The minimum Gasteiger partial charge on any atom is -0.385 e. The van der Waals surface area contributed by atoms with Crippen LogP contribution in [0.25, 0.3) is 11.1 Å². The average Bonchev–Trinajstić information content (AvgIpc) is 2.38. The minimum atomic E-state index is -0.450. The first kappa shape index (κ1) is 13.9. The van der Waals surface area contributed by atoms with Gasteiger partial charge in [0.25, 0.3) is 5.56 Å². The van der Waals surface area contributed by atoms with E-state index in [0.29, 0.717) is 11.5 Å². The van der Waals surface area contributed by atoms with E-state index < -0.39 is 5.56 Å². The molecule has 0 aliphatic rings. The van der Waals surface area contributed by atoms with Crippen molar-refractivity contribution < 1.29 is 0 Å². The van der Waals surface area contributed by atoms with Crippen molar-refractivity contribution in [2.24, 2.45) is 5.92 Å². The zero-order chi connectivity index (χ0) is 14.7.